The van der Waals surface area contributed by atoms with E-state index >= 15 is 0 Å². The van der Waals surface area contributed by atoms with Crippen molar-refractivity contribution < 1.29 is 19.4 Å². The number of phenolic OH excluding ortho intramolecular Hbond substituents is 1. The molecule has 6 nitrogen and oxygen atoms in total. The summed E-state index contributed by atoms with van der Waals surface area (Å²) < 4.78 is 10.6. The van der Waals surface area contributed by atoms with Crippen molar-refractivity contribution in [2.75, 3.05) is 27.3 Å². The molecule has 3 aromatic rings. The first-order chi connectivity index (χ1) is 13.9. The van der Waals surface area contributed by atoms with Crippen LogP contribution in [0.3, 0.4) is 0 Å². The number of aromatic amines is 1. The van der Waals surface area contributed by atoms with Crippen LogP contribution in [0.5, 0.6) is 17.2 Å². The summed E-state index contributed by atoms with van der Waals surface area (Å²) in [4.78, 5) is 18.8. The van der Waals surface area contributed by atoms with Crippen LogP contribution in [0.1, 0.15) is 40.1 Å². The highest BCUT2D eigenvalue weighted by Gasteiger charge is 2.28. The number of phenols is 1. The Bertz CT molecular complexity index is 1090. The molecule has 0 bridgehead atoms. The first-order valence-electron chi connectivity index (χ1n) is 9.76. The highest BCUT2D eigenvalue weighted by atomic mass is 16.5. The molecule has 152 valence electrons. The number of nitrogens with zero attached hydrogens (tertiary/aromatic N) is 1. The van der Waals surface area contributed by atoms with Crippen LogP contribution < -0.4 is 9.47 Å². The highest BCUT2D eigenvalue weighted by Crippen LogP contribution is 2.37. The molecule has 0 amide bonds. The lowest BCUT2D eigenvalue weighted by molar-refractivity contribution is 0.0891. The lowest BCUT2D eigenvalue weighted by atomic mass is 9.92. The van der Waals surface area contributed by atoms with Crippen LogP contribution in [0.25, 0.3) is 10.9 Å². The first-order valence-corrected chi connectivity index (χ1v) is 9.76. The molecule has 0 fully saturated rings. The fourth-order valence-corrected chi connectivity index (χ4v) is 4.32. The van der Waals surface area contributed by atoms with Crippen LogP contribution in [0, 0.1) is 6.92 Å². The van der Waals surface area contributed by atoms with Crippen LogP contribution in [0.15, 0.2) is 30.3 Å². The summed E-state index contributed by atoms with van der Waals surface area (Å²) in [6.07, 6.45) is 0.783. The van der Waals surface area contributed by atoms with Gasteiger partial charge in [0.25, 0.3) is 0 Å². The van der Waals surface area contributed by atoms with Gasteiger partial charge in [-0.3, -0.25) is 9.69 Å². The average molecular weight is 394 g/mol. The maximum Gasteiger partial charge on any atom is 0.179 e. The molecule has 4 rings (SSSR count). The number of rotatable bonds is 5. The molecular weight excluding hydrogens is 368 g/mol. The van der Waals surface area contributed by atoms with Crippen LogP contribution in [-0.2, 0) is 6.42 Å². The molecule has 0 saturated heterocycles. The monoisotopic (exact) mass is 394 g/mol. The van der Waals surface area contributed by atoms with Crippen LogP contribution >= 0.6 is 0 Å². The zero-order valence-corrected chi connectivity index (χ0v) is 17.2. The molecule has 2 aromatic carbocycles. The molecule has 1 unspecified atom stereocenters. The molecular formula is C23H26N2O4. The maximum atomic E-state index is 13.3. The van der Waals surface area contributed by atoms with E-state index in [-0.39, 0.29) is 17.6 Å². The van der Waals surface area contributed by atoms with E-state index in [1.807, 2.05) is 31.2 Å². The minimum atomic E-state index is 0.0530. The number of hydrogen-bond acceptors (Lipinski definition) is 5. The van der Waals surface area contributed by atoms with Gasteiger partial charge < -0.3 is 19.6 Å². The van der Waals surface area contributed by atoms with Gasteiger partial charge in [0.05, 0.1) is 20.8 Å². The van der Waals surface area contributed by atoms with Gasteiger partial charge in [-0.25, -0.2) is 0 Å². The zero-order valence-electron chi connectivity index (χ0n) is 17.2. The van der Waals surface area contributed by atoms with Crippen molar-refractivity contribution in [1.82, 2.24) is 9.88 Å². The quantitative estimate of drug-likeness (QED) is 0.640. The number of carbonyl (C=O) groups excluding carboxylic acids is 1. The Labute approximate surface area is 170 Å². The number of aromatic nitrogens is 1. The number of ketones is 1. The second-order valence-electron chi connectivity index (χ2n) is 7.58. The summed E-state index contributed by atoms with van der Waals surface area (Å²) in [7, 11) is 3.17. The predicted molar refractivity (Wildman–Crippen MR) is 112 cm³/mol. The number of H-pyrrole nitrogens is 1. The Balaban J connectivity index is 1.63. The number of nitrogens with one attached hydrogen (secondary N) is 1. The average Bonchev–Trinajstić information content (AvgIpc) is 3.04. The number of aryl methyl sites for hydroxylation is 1. The molecule has 1 aromatic heterocycles. The Hall–Kier alpha value is -2.99. The number of aromatic hydroxyl groups is 1. The van der Waals surface area contributed by atoms with E-state index in [9.17, 15) is 9.90 Å². The molecule has 0 spiro atoms. The van der Waals surface area contributed by atoms with Gasteiger partial charge in [0.1, 0.15) is 5.75 Å². The van der Waals surface area contributed by atoms with E-state index in [1.54, 1.807) is 20.3 Å². The van der Waals surface area contributed by atoms with E-state index in [2.05, 4.69) is 16.8 Å². The molecule has 2 heterocycles. The minimum Gasteiger partial charge on any atom is -0.504 e. The maximum absolute atomic E-state index is 13.3. The SMILES string of the molecule is COc1ccc2[nH]c(C)c(C(=O)CN3CCc4cc(O)c(OC)cc4C3C)c2c1. The van der Waals surface area contributed by atoms with E-state index in [4.69, 9.17) is 9.47 Å². The van der Waals surface area contributed by atoms with Gasteiger partial charge in [-0.05, 0) is 61.7 Å². The van der Waals surface area contributed by atoms with Crippen molar-refractivity contribution in [3.63, 3.8) is 0 Å². The van der Waals surface area contributed by atoms with Crippen LogP contribution in [0.4, 0.5) is 0 Å². The highest BCUT2D eigenvalue weighted by molar-refractivity contribution is 6.10. The van der Waals surface area contributed by atoms with Crippen LogP contribution in [-0.4, -0.2) is 48.1 Å². The van der Waals surface area contributed by atoms with Gasteiger partial charge in [-0.15, -0.1) is 0 Å². The molecule has 0 saturated carbocycles. The van der Waals surface area contributed by atoms with Crippen molar-refractivity contribution in [1.29, 1.82) is 0 Å². The summed E-state index contributed by atoms with van der Waals surface area (Å²) in [5.74, 6) is 1.44. The normalized spacial score (nSPS) is 16.6. The number of benzene rings is 2. The Morgan fingerprint density at radius 1 is 1.24 bits per heavy atom. The third-order valence-corrected chi connectivity index (χ3v) is 5.93. The van der Waals surface area contributed by atoms with Crippen molar-refractivity contribution >= 4 is 16.7 Å². The second-order valence-corrected chi connectivity index (χ2v) is 7.58. The van der Waals surface area contributed by atoms with Crippen molar-refractivity contribution in [3.8, 4) is 17.2 Å². The van der Waals surface area contributed by atoms with Crippen molar-refractivity contribution in [2.24, 2.45) is 0 Å². The molecule has 2 N–H and O–H groups in total. The lowest BCUT2D eigenvalue weighted by Crippen LogP contribution is -2.37. The van der Waals surface area contributed by atoms with Crippen molar-refractivity contribution in [2.45, 2.75) is 26.3 Å². The summed E-state index contributed by atoms with van der Waals surface area (Å²) >= 11 is 0. The summed E-state index contributed by atoms with van der Waals surface area (Å²) in [5.41, 5.74) is 4.72. The second kappa shape index (κ2) is 7.44. The van der Waals surface area contributed by atoms with Gasteiger partial charge in [0, 0.05) is 34.7 Å². The summed E-state index contributed by atoms with van der Waals surface area (Å²) in [5, 5.41) is 10.9. The third-order valence-electron chi connectivity index (χ3n) is 5.93. The standard InChI is InChI=1S/C23H26N2O4/c1-13-23(18-10-16(28-3)5-6-19(18)24-13)21(27)12-25-8-7-15-9-20(26)22(29-4)11-17(15)14(25)2/h5-6,9-11,14,24,26H,7-8,12H2,1-4H3. The molecule has 6 heteroatoms. The zero-order chi connectivity index (χ0) is 20.7. The fourth-order valence-electron chi connectivity index (χ4n) is 4.32. The molecule has 1 aliphatic heterocycles. The molecule has 1 aliphatic rings. The number of methoxy groups -OCH3 is 2. The summed E-state index contributed by atoms with van der Waals surface area (Å²) in [6.45, 7) is 5.11. The number of ether oxygens (including phenoxy) is 2. The fraction of sp³-hybridized carbons (Fsp3) is 0.348. The largest absolute Gasteiger partial charge is 0.504 e. The molecule has 0 aliphatic carbocycles. The Morgan fingerprint density at radius 3 is 2.76 bits per heavy atom. The van der Waals surface area contributed by atoms with E-state index < -0.39 is 0 Å². The molecule has 29 heavy (non-hydrogen) atoms. The van der Waals surface area contributed by atoms with Gasteiger partial charge in [0.2, 0.25) is 0 Å². The number of fused-ring (bicyclic) bond motifs is 2. The number of hydrogen-bond donors (Lipinski definition) is 2. The van der Waals surface area contributed by atoms with Crippen molar-refractivity contribution in [3.05, 3.63) is 52.7 Å². The topological polar surface area (TPSA) is 74.8 Å². The lowest BCUT2D eigenvalue weighted by Gasteiger charge is -2.35. The minimum absolute atomic E-state index is 0.0530. The molecule has 1 atom stereocenters. The smallest absolute Gasteiger partial charge is 0.179 e. The van der Waals surface area contributed by atoms with Gasteiger partial charge in [0.15, 0.2) is 17.3 Å². The molecule has 0 radical (unpaired) electrons. The van der Waals surface area contributed by atoms with Gasteiger partial charge in [-0.2, -0.15) is 0 Å². The number of carbonyl (C=O) groups is 1. The number of Topliss-reactive ketones (excluding diaryl/α,β-unsaturated/α-hetero) is 1. The first kappa shape index (κ1) is 19.3. The van der Waals surface area contributed by atoms with E-state index in [0.29, 0.717) is 12.3 Å². The van der Waals surface area contributed by atoms with Gasteiger partial charge in [-0.1, -0.05) is 0 Å². The summed E-state index contributed by atoms with van der Waals surface area (Å²) in [6, 6.07) is 9.45. The van der Waals surface area contributed by atoms with Crippen LogP contribution in [0.2, 0.25) is 0 Å². The third kappa shape index (κ3) is 3.34. The Morgan fingerprint density at radius 2 is 2.03 bits per heavy atom. The van der Waals surface area contributed by atoms with E-state index in [1.165, 1.54) is 0 Å². The van der Waals surface area contributed by atoms with E-state index in [0.717, 1.165) is 52.0 Å². The van der Waals surface area contributed by atoms with Gasteiger partial charge >= 0.3 is 0 Å². The predicted octanol–water partition coefficient (Wildman–Crippen LogP) is 4.00. The Kier molecular flexibility index (Phi) is 4.96.